The van der Waals surface area contributed by atoms with Gasteiger partial charge < -0.3 is 19.5 Å². The van der Waals surface area contributed by atoms with Crippen LogP contribution >= 0.6 is 34.8 Å². The number of methoxy groups -OCH3 is 1. The largest absolute Gasteiger partial charge is 0.488 e. The highest BCUT2D eigenvalue weighted by atomic mass is 35.5. The first-order chi connectivity index (χ1) is 10.1. The molecule has 0 radical (unpaired) electrons. The molecule has 0 spiro atoms. The van der Waals surface area contributed by atoms with Gasteiger partial charge in [-0.1, -0.05) is 34.8 Å². The van der Waals surface area contributed by atoms with E-state index in [2.05, 4.69) is 5.32 Å². The zero-order chi connectivity index (χ0) is 15.5. The summed E-state index contributed by atoms with van der Waals surface area (Å²) < 4.78 is 15.9. The van der Waals surface area contributed by atoms with Crippen LogP contribution in [0, 0.1) is 0 Å². The van der Waals surface area contributed by atoms with E-state index in [1.807, 2.05) is 0 Å². The van der Waals surface area contributed by atoms with Gasteiger partial charge in [0, 0.05) is 25.3 Å². The first-order valence-electron chi connectivity index (χ1n) is 6.70. The molecule has 0 bridgehead atoms. The molecule has 0 fully saturated rings. The van der Waals surface area contributed by atoms with E-state index >= 15 is 0 Å². The van der Waals surface area contributed by atoms with Gasteiger partial charge in [0.15, 0.2) is 5.75 Å². The lowest BCUT2D eigenvalue weighted by molar-refractivity contribution is 0.101. The van der Waals surface area contributed by atoms with E-state index in [0.717, 1.165) is 26.1 Å². The van der Waals surface area contributed by atoms with Crippen LogP contribution in [0.4, 0.5) is 0 Å². The molecular formula is C14H20Cl3NO3. The molecular weight excluding hydrogens is 337 g/mol. The highest BCUT2D eigenvalue weighted by Crippen LogP contribution is 2.35. The molecule has 0 aliphatic carbocycles. The Bertz CT molecular complexity index is 395. The summed E-state index contributed by atoms with van der Waals surface area (Å²) >= 11 is 17.8. The lowest BCUT2D eigenvalue weighted by atomic mass is 10.3. The predicted octanol–water partition coefficient (Wildman–Crippen LogP) is 3.67. The molecule has 0 saturated carbocycles. The van der Waals surface area contributed by atoms with Crippen molar-refractivity contribution in [3.05, 3.63) is 27.2 Å². The molecule has 120 valence electrons. The average molecular weight is 357 g/mol. The van der Waals surface area contributed by atoms with Gasteiger partial charge in [-0.2, -0.15) is 0 Å². The van der Waals surface area contributed by atoms with Crippen LogP contribution < -0.4 is 10.1 Å². The van der Waals surface area contributed by atoms with Crippen molar-refractivity contribution < 1.29 is 14.2 Å². The van der Waals surface area contributed by atoms with Gasteiger partial charge >= 0.3 is 0 Å². The number of nitrogens with one attached hydrogen (secondary N) is 1. The van der Waals surface area contributed by atoms with Crippen LogP contribution in [-0.2, 0) is 9.47 Å². The van der Waals surface area contributed by atoms with E-state index in [1.165, 1.54) is 0 Å². The fraction of sp³-hybridized carbons (Fsp3) is 0.571. The number of rotatable bonds is 11. The molecule has 0 saturated heterocycles. The van der Waals surface area contributed by atoms with Crippen molar-refractivity contribution in [1.29, 1.82) is 0 Å². The van der Waals surface area contributed by atoms with Crippen LogP contribution in [0.25, 0.3) is 0 Å². The molecule has 1 aromatic rings. The Morgan fingerprint density at radius 3 is 2.33 bits per heavy atom. The second kappa shape index (κ2) is 11.4. The average Bonchev–Trinajstić information content (AvgIpc) is 2.43. The number of hydrogen-bond donors (Lipinski definition) is 1. The monoisotopic (exact) mass is 355 g/mol. The van der Waals surface area contributed by atoms with Crippen molar-refractivity contribution in [2.45, 2.75) is 6.42 Å². The van der Waals surface area contributed by atoms with E-state index in [1.54, 1.807) is 19.2 Å². The smallest absolute Gasteiger partial charge is 0.156 e. The number of halogens is 3. The molecule has 0 amide bonds. The third-order valence-electron chi connectivity index (χ3n) is 2.56. The molecule has 0 aromatic heterocycles. The zero-order valence-corrected chi connectivity index (χ0v) is 14.2. The van der Waals surface area contributed by atoms with E-state index in [0.29, 0.717) is 40.6 Å². The number of hydrogen-bond acceptors (Lipinski definition) is 4. The number of ether oxygens (including phenoxy) is 3. The third kappa shape index (κ3) is 8.10. The van der Waals surface area contributed by atoms with Crippen molar-refractivity contribution in [2.75, 3.05) is 46.6 Å². The van der Waals surface area contributed by atoms with Gasteiger partial charge in [0.2, 0.25) is 0 Å². The quantitative estimate of drug-likeness (QED) is 0.614. The van der Waals surface area contributed by atoms with Gasteiger partial charge in [-0.25, -0.2) is 0 Å². The minimum Gasteiger partial charge on any atom is -0.488 e. The molecule has 0 unspecified atom stereocenters. The van der Waals surface area contributed by atoms with Crippen LogP contribution in [0.3, 0.4) is 0 Å². The highest BCUT2D eigenvalue weighted by Gasteiger charge is 2.08. The summed E-state index contributed by atoms with van der Waals surface area (Å²) in [4.78, 5) is 0. The lowest BCUT2D eigenvalue weighted by Crippen LogP contribution is -2.22. The van der Waals surface area contributed by atoms with Crippen LogP contribution in [0.5, 0.6) is 5.75 Å². The molecule has 0 aliphatic rings. The Labute approximate surface area is 140 Å². The van der Waals surface area contributed by atoms with Crippen molar-refractivity contribution in [2.24, 2.45) is 0 Å². The minimum absolute atomic E-state index is 0.380. The van der Waals surface area contributed by atoms with E-state index in [9.17, 15) is 0 Å². The Balaban J connectivity index is 2.07. The standard InChI is InChI=1S/C14H20Cl3NO3/c1-19-5-2-3-18-4-6-20-7-8-21-14-12(16)9-11(15)10-13(14)17/h9-10,18H,2-8H2,1H3. The van der Waals surface area contributed by atoms with Gasteiger partial charge in [0.1, 0.15) is 6.61 Å². The molecule has 1 aromatic carbocycles. The molecule has 0 heterocycles. The van der Waals surface area contributed by atoms with E-state index < -0.39 is 0 Å². The SMILES string of the molecule is COCCCNCCOCCOc1c(Cl)cc(Cl)cc1Cl. The molecule has 0 atom stereocenters. The van der Waals surface area contributed by atoms with Crippen molar-refractivity contribution >= 4 is 34.8 Å². The highest BCUT2D eigenvalue weighted by molar-refractivity contribution is 6.40. The van der Waals surface area contributed by atoms with Gasteiger partial charge in [0.05, 0.1) is 23.3 Å². The first-order valence-corrected chi connectivity index (χ1v) is 7.83. The van der Waals surface area contributed by atoms with E-state index in [-0.39, 0.29) is 0 Å². The summed E-state index contributed by atoms with van der Waals surface area (Å²) in [5, 5.41) is 4.52. The molecule has 7 heteroatoms. The van der Waals surface area contributed by atoms with Gasteiger partial charge in [0.25, 0.3) is 0 Å². The zero-order valence-electron chi connectivity index (χ0n) is 12.0. The van der Waals surface area contributed by atoms with Crippen LogP contribution in [0.15, 0.2) is 12.1 Å². The van der Waals surface area contributed by atoms with Gasteiger partial charge in [-0.3, -0.25) is 0 Å². The van der Waals surface area contributed by atoms with Gasteiger partial charge in [-0.05, 0) is 25.1 Å². The summed E-state index contributed by atoms with van der Waals surface area (Å²) in [5.41, 5.74) is 0. The maximum atomic E-state index is 6.00. The molecule has 1 N–H and O–H groups in total. The van der Waals surface area contributed by atoms with Crippen LogP contribution in [0.2, 0.25) is 15.1 Å². The normalized spacial score (nSPS) is 10.9. The van der Waals surface area contributed by atoms with Crippen molar-refractivity contribution in [3.8, 4) is 5.75 Å². The topological polar surface area (TPSA) is 39.7 Å². The minimum atomic E-state index is 0.380. The van der Waals surface area contributed by atoms with Crippen molar-refractivity contribution in [1.82, 2.24) is 5.32 Å². The predicted molar refractivity (Wildman–Crippen MR) is 87.1 cm³/mol. The Morgan fingerprint density at radius 2 is 1.67 bits per heavy atom. The maximum Gasteiger partial charge on any atom is 0.156 e. The fourth-order valence-corrected chi connectivity index (χ4v) is 2.51. The molecule has 4 nitrogen and oxygen atoms in total. The van der Waals surface area contributed by atoms with Crippen LogP contribution in [-0.4, -0.2) is 46.6 Å². The second-order valence-corrected chi connectivity index (χ2v) is 5.51. The fourth-order valence-electron chi connectivity index (χ4n) is 1.58. The lowest BCUT2D eigenvalue weighted by Gasteiger charge is -2.11. The second-order valence-electron chi connectivity index (χ2n) is 4.26. The third-order valence-corrected chi connectivity index (χ3v) is 3.34. The summed E-state index contributed by atoms with van der Waals surface area (Å²) in [7, 11) is 1.70. The summed E-state index contributed by atoms with van der Waals surface area (Å²) in [6.45, 7) is 3.96. The maximum absolute atomic E-state index is 6.00. The van der Waals surface area contributed by atoms with Gasteiger partial charge in [-0.15, -0.1) is 0 Å². The van der Waals surface area contributed by atoms with Crippen LogP contribution in [0.1, 0.15) is 6.42 Å². The Morgan fingerprint density at radius 1 is 0.952 bits per heavy atom. The molecule has 21 heavy (non-hydrogen) atoms. The van der Waals surface area contributed by atoms with Crippen molar-refractivity contribution in [3.63, 3.8) is 0 Å². The summed E-state index contributed by atoms with van der Waals surface area (Å²) in [6, 6.07) is 3.18. The number of benzene rings is 1. The summed E-state index contributed by atoms with van der Waals surface area (Å²) in [6.07, 6.45) is 0.993. The Kier molecular flexibility index (Phi) is 10.2. The van der Waals surface area contributed by atoms with E-state index in [4.69, 9.17) is 49.0 Å². The molecule has 0 aliphatic heterocycles. The first kappa shape index (κ1) is 18.8. The summed E-state index contributed by atoms with van der Waals surface area (Å²) in [5.74, 6) is 0.434. The molecule has 1 rings (SSSR count). The Hall–Kier alpha value is -0.230.